The Hall–Kier alpha value is -1.80. The number of nitrogens with zero attached hydrogens (tertiary/aromatic N) is 1. The molecule has 2 rings (SSSR count). The second kappa shape index (κ2) is 5.11. The van der Waals surface area contributed by atoms with Crippen molar-refractivity contribution >= 4 is 23.5 Å². The van der Waals surface area contributed by atoms with Crippen molar-refractivity contribution in [2.24, 2.45) is 0 Å². The van der Waals surface area contributed by atoms with Crippen molar-refractivity contribution in [2.75, 3.05) is 0 Å². The maximum Gasteiger partial charge on any atom is 0.330 e. The van der Waals surface area contributed by atoms with Gasteiger partial charge in [-0.25, -0.2) is 9.18 Å². The van der Waals surface area contributed by atoms with Gasteiger partial charge in [-0.15, -0.1) is 6.42 Å². The number of nitrogens with one attached hydrogen (secondary N) is 1. The lowest BCUT2D eigenvalue weighted by Crippen LogP contribution is -2.59. The van der Waals surface area contributed by atoms with Gasteiger partial charge in [0, 0.05) is 6.20 Å². The topological polar surface area (TPSA) is 125 Å². The molecular formula is C11H14B3FN2O6. The molecule has 1 saturated heterocycles. The summed E-state index contributed by atoms with van der Waals surface area (Å²) >= 11 is 0. The third-order valence-electron chi connectivity index (χ3n) is 3.99. The van der Waals surface area contributed by atoms with E-state index in [1.54, 1.807) is 0 Å². The first-order valence-corrected chi connectivity index (χ1v) is 6.69. The number of aliphatic hydroxyl groups is 3. The van der Waals surface area contributed by atoms with E-state index in [2.05, 4.69) is 0 Å². The van der Waals surface area contributed by atoms with Crippen LogP contribution >= 0.6 is 0 Å². The summed E-state index contributed by atoms with van der Waals surface area (Å²) in [5, 5.41) is 27.9. The number of aromatic amines is 1. The lowest BCUT2D eigenvalue weighted by Gasteiger charge is -2.36. The molecule has 2 heterocycles. The molecule has 120 valence electrons. The van der Waals surface area contributed by atoms with Crippen molar-refractivity contribution in [3.05, 3.63) is 32.6 Å². The van der Waals surface area contributed by atoms with Crippen LogP contribution in [-0.2, 0) is 10.4 Å². The Labute approximate surface area is 132 Å². The van der Waals surface area contributed by atoms with Crippen LogP contribution in [0.15, 0.2) is 15.8 Å². The van der Waals surface area contributed by atoms with Crippen LogP contribution in [0.4, 0.5) is 4.39 Å². The third-order valence-corrected chi connectivity index (χ3v) is 3.99. The highest BCUT2D eigenvalue weighted by molar-refractivity contribution is 6.39. The number of aliphatic hydroxyl groups excluding tert-OH is 2. The summed E-state index contributed by atoms with van der Waals surface area (Å²) in [6.45, 7) is 0. The van der Waals surface area contributed by atoms with E-state index in [0.29, 0.717) is 4.57 Å². The molecule has 0 aliphatic carbocycles. The number of hydrogen-bond donors (Lipinski definition) is 4. The quantitative estimate of drug-likeness (QED) is 0.318. The Morgan fingerprint density at radius 3 is 2.43 bits per heavy atom. The normalized spacial score (nSPS) is 34.2. The molecule has 8 nitrogen and oxygen atoms in total. The molecule has 1 aliphatic rings. The van der Waals surface area contributed by atoms with E-state index < -0.39 is 40.3 Å². The Kier molecular flexibility index (Phi) is 3.90. The SMILES string of the molecule is BC(B)(O)[C@@]1(F)O[C@@](B)(n2cc(C#C)c(=O)[nH]c2=O)[C@H](O)[C@@H]1O. The molecule has 1 aromatic heterocycles. The van der Waals surface area contributed by atoms with Crippen molar-refractivity contribution in [3.63, 3.8) is 0 Å². The molecule has 1 aromatic rings. The third kappa shape index (κ3) is 2.37. The molecule has 0 saturated carbocycles. The van der Waals surface area contributed by atoms with Gasteiger partial charge in [-0.3, -0.25) is 14.3 Å². The zero-order valence-corrected chi connectivity index (χ0v) is 12.7. The van der Waals surface area contributed by atoms with Crippen LogP contribution in [0.2, 0.25) is 0 Å². The van der Waals surface area contributed by atoms with E-state index in [9.17, 15) is 29.3 Å². The molecule has 1 fully saturated rings. The van der Waals surface area contributed by atoms with Crippen LogP contribution in [-0.4, -0.2) is 71.9 Å². The van der Waals surface area contributed by atoms with Gasteiger partial charge < -0.3 is 20.1 Å². The molecule has 0 bridgehead atoms. The van der Waals surface area contributed by atoms with Crippen LogP contribution in [0.5, 0.6) is 0 Å². The second-order valence-corrected chi connectivity index (χ2v) is 6.07. The van der Waals surface area contributed by atoms with Gasteiger partial charge in [0.05, 0.1) is 5.40 Å². The summed E-state index contributed by atoms with van der Waals surface area (Å²) in [7, 11) is 3.20. The van der Waals surface area contributed by atoms with Crippen molar-refractivity contribution < 1.29 is 24.4 Å². The van der Waals surface area contributed by atoms with E-state index in [1.807, 2.05) is 10.9 Å². The monoisotopic (exact) mass is 322 g/mol. The number of aromatic nitrogens is 2. The van der Waals surface area contributed by atoms with Gasteiger partial charge in [-0.05, 0) is 0 Å². The van der Waals surface area contributed by atoms with Gasteiger partial charge in [0.1, 0.15) is 39.1 Å². The number of alkyl halides is 1. The summed E-state index contributed by atoms with van der Waals surface area (Å²) in [6.07, 6.45) is 1.98. The fourth-order valence-electron chi connectivity index (χ4n) is 2.50. The molecule has 4 N–H and O–H groups in total. The molecule has 4 atom stereocenters. The highest BCUT2D eigenvalue weighted by atomic mass is 19.2. The molecular weight excluding hydrogens is 308 g/mol. The highest BCUT2D eigenvalue weighted by Gasteiger charge is 2.67. The molecule has 0 spiro atoms. The van der Waals surface area contributed by atoms with E-state index >= 15 is 0 Å². The minimum Gasteiger partial charge on any atom is -0.402 e. The van der Waals surface area contributed by atoms with Crippen LogP contribution in [0.3, 0.4) is 0 Å². The van der Waals surface area contributed by atoms with Gasteiger partial charge in [0.2, 0.25) is 0 Å². The van der Waals surface area contributed by atoms with Crippen molar-refractivity contribution in [3.8, 4) is 12.3 Å². The maximum absolute atomic E-state index is 14.9. The van der Waals surface area contributed by atoms with Gasteiger partial charge in [0.25, 0.3) is 11.4 Å². The molecule has 12 heteroatoms. The Balaban J connectivity index is 2.67. The summed E-state index contributed by atoms with van der Waals surface area (Å²) in [5.74, 6) is -1.03. The Bertz CT molecular complexity index is 799. The van der Waals surface area contributed by atoms with Gasteiger partial charge >= 0.3 is 5.69 Å². The molecule has 23 heavy (non-hydrogen) atoms. The maximum atomic E-state index is 14.9. The smallest absolute Gasteiger partial charge is 0.330 e. The number of halogens is 1. The summed E-state index contributed by atoms with van der Waals surface area (Å²) in [4.78, 5) is 25.4. The summed E-state index contributed by atoms with van der Waals surface area (Å²) in [5.41, 5.74) is -4.22. The van der Waals surface area contributed by atoms with Crippen LogP contribution < -0.4 is 11.2 Å². The minimum atomic E-state index is -3.06. The van der Waals surface area contributed by atoms with Gasteiger partial charge in [-0.1, -0.05) is 5.92 Å². The number of ether oxygens (including phenoxy) is 1. The number of rotatable bonds is 2. The average Bonchev–Trinajstić information content (AvgIpc) is 2.61. The number of terminal acetylenes is 1. The number of hydrogen-bond acceptors (Lipinski definition) is 6. The average molecular weight is 322 g/mol. The van der Waals surface area contributed by atoms with Gasteiger partial charge in [0.15, 0.2) is 7.85 Å². The van der Waals surface area contributed by atoms with Gasteiger partial charge in [-0.2, -0.15) is 0 Å². The van der Waals surface area contributed by atoms with E-state index in [1.165, 1.54) is 0 Å². The highest BCUT2D eigenvalue weighted by Crippen LogP contribution is 2.44. The lowest BCUT2D eigenvalue weighted by atomic mass is 9.59. The van der Waals surface area contributed by atoms with Crippen molar-refractivity contribution in [2.45, 2.75) is 29.1 Å². The largest absolute Gasteiger partial charge is 0.402 e. The zero-order valence-electron chi connectivity index (χ0n) is 12.7. The summed E-state index contributed by atoms with van der Waals surface area (Å²) in [6, 6.07) is 0. The molecule has 0 amide bonds. The Morgan fingerprint density at radius 2 is 2.00 bits per heavy atom. The zero-order chi connectivity index (χ0) is 17.8. The minimum absolute atomic E-state index is 0.254. The predicted octanol–water partition coefficient (Wildman–Crippen LogP) is -5.91. The second-order valence-electron chi connectivity index (χ2n) is 6.07. The molecule has 0 aromatic carbocycles. The van der Waals surface area contributed by atoms with Crippen LogP contribution in [0, 0.1) is 12.3 Å². The van der Waals surface area contributed by atoms with Crippen LogP contribution in [0.1, 0.15) is 5.56 Å². The molecule has 0 radical (unpaired) electrons. The van der Waals surface area contributed by atoms with Crippen molar-refractivity contribution in [1.29, 1.82) is 0 Å². The standard InChI is InChI=1S/C11H14B3FN2O6/c1-2-4-3-17(8(21)16-7(4)20)10(12)6(19)5(18)9(15,23-10)11(13,14)22/h1,3,5-6,18-19,22H,12-14H2,(H,16,20,21)/t5-,6+,9-,10-/m0/s1. The van der Waals surface area contributed by atoms with E-state index in [-0.39, 0.29) is 5.56 Å². The first-order chi connectivity index (χ1) is 10.4. The first kappa shape index (κ1) is 17.6. The first-order valence-electron chi connectivity index (χ1n) is 6.69. The van der Waals surface area contributed by atoms with Crippen molar-refractivity contribution in [1.82, 2.24) is 9.55 Å². The number of H-pyrrole nitrogens is 1. The summed E-state index contributed by atoms with van der Waals surface area (Å²) < 4.78 is 20.7. The van der Waals surface area contributed by atoms with E-state index in [4.69, 9.17) is 11.2 Å². The predicted molar refractivity (Wildman–Crippen MR) is 84.8 cm³/mol. The fourth-order valence-corrected chi connectivity index (χ4v) is 2.50. The van der Waals surface area contributed by atoms with E-state index in [0.717, 1.165) is 29.7 Å². The lowest BCUT2D eigenvalue weighted by molar-refractivity contribution is -0.243. The fraction of sp³-hybridized carbons (Fsp3) is 0.455. The van der Waals surface area contributed by atoms with Crippen LogP contribution in [0.25, 0.3) is 0 Å². The molecule has 0 unspecified atom stereocenters. The molecule has 1 aliphatic heterocycles. The Morgan fingerprint density at radius 1 is 1.43 bits per heavy atom.